The number of ether oxygens (including phenoxy) is 1. The maximum absolute atomic E-state index is 12.1. The lowest BCUT2D eigenvalue weighted by Gasteiger charge is -2.14. The normalized spacial score (nSPS) is 11.8. The Kier molecular flexibility index (Phi) is 6.23. The van der Waals surface area contributed by atoms with E-state index in [1.165, 1.54) is 22.3 Å². The molecule has 0 spiro atoms. The molecule has 1 aliphatic rings. The van der Waals surface area contributed by atoms with Gasteiger partial charge in [-0.05, 0) is 28.3 Å². The number of nitrogens with zero attached hydrogens (tertiary/aromatic N) is 1. The van der Waals surface area contributed by atoms with Crippen LogP contribution in [0.1, 0.15) is 29.0 Å². The topological polar surface area (TPSA) is 51.2 Å². The SMILES string of the molecule is O=C(NCCC#Cc1cnc(Cl)c(Cl)c1)OCC1c2ccccc2-c2ccccc21. The van der Waals surface area contributed by atoms with Gasteiger partial charge < -0.3 is 10.1 Å². The fourth-order valence-electron chi connectivity index (χ4n) is 3.53. The molecule has 0 fully saturated rings. The average molecular weight is 437 g/mol. The number of benzene rings is 2. The quantitative estimate of drug-likeness (QED) is 0.325. The molecule has 3 aromatic rings. The van der Waals surface area contributed by atoms with Crippen molar-refractivity contribution in [2.45, 2.75) is 12.3 Å². The van der Waals surface area contributed by atoms with Gasteiger partial charge in [0.2, 0.25) is 0 Å². The summed E-state index contributed by atoms with van der Waals surface area (Å²) in [5.41, 5.74) is 5.45. The molecule has 4 nitrogen and oxygen atoms in total. The van der Waals surface area contributed by atoms with Gasteiger partial charge in [-0.2, -0.15) is 0 Å². The minimum absolute atomic E-state index is 0.0464. The molecule has 0 radical (unpaired) electrons. The molecule has 2 aromatic carbocycles. The average Bonchev–Trinajstić information content (AvgIpc) is 3.08. The number of pyridine rings is 1. The summed E-state index contributed by atoms with van der Waals surface area (Å²) in [5.74, 6) is 5.95. The summed E-state index contributed by atoms with van der Waals surface area (Å²) in [5, 5.41) is 3.35. The molecule has 4 rings (SSSR count). The minimum Gasteiger partial charge on any atom is -0.449 e. The van der Waals surface area contributed by atoms with E-state index in [4.69, 9.17) is 27.9 Å². The van der Waals surface area contributed by atoms with E-state index in [2.05, 4.69) is 46.4 Å². The molecule has 1 N–H and O–H groups in total. The number of nitrogens with one attached hydrogen (secondary N) is 1. The molecule has 0 saturated carbocycles. The maximum atomic E-state index is 12.1. The third-order valence-electron chi connectivity index (χ3n) is 4.89. The Bertz CT molecular complexity index is 1110. The molecule has 0 aliphatic heterocycles. The van der Waals surface area contributed by atoms with Crippen LogP contribution in [0.4, 0.5) is 4.79 Å². The fraction of sp³-hybridized carbons (Fsp3) is 0.167. The van der Waals surface area contributed by atoms with E-state index in [1.807, 2.05) is 24.3 Å². The molecule has 30 heavy (non-hydrogen) atoms. The van der Waals surface area contributed by atoms with Gasteiger partial charge >= 0.3 is 6.09 Å². The van der Waals surface area contributed by atoms with Crippen LogP contribution in [0.2, 0.25) is 10.2 Å². The second-order valence-corrected chi connectivity index (χ2v) is 7.57. The van der Waals surface area contributed by atoms with Gasteiger partial charge in [0.1, 0.15) is 11.8 Å². The van der Waals surface area contributed by atoms with Gasteiger partial charge in [0.15, 0.2) is 0 Å². The summed E-state index contributed by atoms with van der Waals surface area (Å²) in [4.78, 5) is 16.1. The van der Waals surface area contributed by atoms with Gasteiger partial charge in [-0.15, -0.1) is 0 Å². The number of alkyl carbamates (subject to hydrolysis) is 1. The van der Waals surface area contributed by atoms with E-state index in [1.54, 1.807) is 12.3 Å². The van der Waals surface area contributed by atoms with Crippen LogP contribution in [-0.4, -0.2) is 24.2 Å². The summed E-state index contributed by atoms with van der Waals surface area (Å²) in [7, 11) is 0. The second kappa shape index (κ2) is 9.21. The first-order chi connectivity index (χ1) is 14.6. The number of amides is 1. The van der Waals surface area contributed by atoms with Crippen LogP contribution in [0.5, 0.6) is 0 Å². The molecule has 0 bridgehead atoms. The first-order valence-electron chi connectivity index (χ1n) is 9.52. The van der Waals surface area contributed by atoms with Crippen LogP contribution in [0.25, 0.3) is 11.1 Å². The molecule has 1 aliphatic carbocycles. The van der Waals surface area contributed by atoms with E-state index in [9.17, 15) is 4.79 Å². The molecule has 1 aromatic heterocycles. The molecule has 0 atom stereocenters. The number of hydrogen-bond donors (Lipinski definition) is 1. The number of carbonyl (C=O) groups excluding carboxylic acids is 1. The van der Waals surface area contributed by atoms with Crippen molar-refractivity contribution < 1.29 is 9.53 Å². The van der Waals surface area contributed by atoms with Crippen molar-refractivity contribution in [1.29, 1.82) is 0 Å². The Morgan fingerprint density at radius 3 is 2.40 bits per heavy atom. The van der Waals surface area contributed by atoms with Gasteiger partial charge in [0, 0.05) is 30.6 Å². The van der Waals surface area contributed by atoms with Crippen molar-refractivity contribution in [2.75, 3.05) is 13.2 Å². The highest BCUT2D eigenvalue weighted by Gasteiger charge is 2.28. The smallest absolute Gasteiger partial charge is 0.407 e. The van der Waals surface area contributed by atoms with Crippen LogP contribution in [-0.2, 0) is 4.74 Å². The van der Waals surface area contributed by atoms with E-state index >= 15 is 0 Å². The highest BCUT2D eigenvalue weighted by molar-refractivity contribution is 6.41. The maximum Gasteiger partial charge on any atom is 0.407 e. The van der Waals surface area contributed by atoms with Crippen molar-refractivity contribution in [2.24, 2.45) is 0 Å². The molecule has 6 heteroatoms. The summed E-state index contributed by atoms with van der Waals surface area (Å²) in [6, 6.07) is 18.1. The molecule has 0 unspecified atom stereocenters. The lowest BCUT2D eigenvalue weighted by atomic mass is 9.98. The van der Waals surface area contributed by atoms with Crippen LogP contribution < -0.4 is 5.32 Å². The van der Waals surface area contributed by atoms with Crippen LogP contribution >= 0.6 is 23.2 Å². The summed E-state index contributed by atoms with van der Waals surface area (Å²) in [6.07, 6.45) is 1.58. The van der Waals surface area contributed by atoms with E-state index in [0.29, 0.717) is 30.2 Å². The van der Waals surface area contributed by atoms with Gasteiger partial charge in [0.05, 0.1) is 5.02 Å². The van der Waals surface area contributed by atoms with Crippen LogP contribution in [0.3, 0.4) is 0 Å². The van der Waals surface area contributed by atoms with Gasteiger partial charge in [0.25, 0.3) is 0 Å². The zero-order chi connectivity index (χ0) is 20.9. The largest absolute Gasteiger partial charge is 0.449 e. The molecule has 0 saturated heterocycles. The number of hydrogen-bond acceptors (Lipinski definition) is 3. The molecule has 150 valence electrons. The predicted octanol–water partition coefficient (Wildman–Crippen LogP) is 5.67. The summed E-state index contributed by atoms with van der Waals surface area (Å²) >= 11 is 11.7. The third kappa shape index (κ3) is 4.43. The van der Waals surface area contributed by atoms with Crippen molar-refractivity contribution >= 4 is 29.3 Å². The first-order valence-corrected chi connectivity index (χ1v) is 10.3. The van der Waals surface area contributed by atoms with E-state index in [-0.39, 0.29) is 11.1 Å². The first kappa shape index (κ1) is 20.3. The Morgan fingerprint density at radius 1 is 1.07 bits per heavy atom. The zero-order valence-electron chi connectivity index (χ0n) is 16.0. The minimum atomic E-state index is -0.449. The van der Waals surface area contributed by atoms with E-state index in [0.717, 1.165) is 0 Å². The second-order valence-electron chi connectivity index (χ2n) is 6.80. The number of halogens is 2. The highest BCUT2D eigenvalue weighted by atomic mass is 35.5. The van der Waals surface area contributed by atoms with E-state index < -0.39 is 6.09 Å². The fourth-order valence-corrected chi connectivity index (χ4v) is 3.80. The van der Waals surface area contributed by atoms with Crippen molar-refractivity contribution in [3.05, 3.63) is 87.7 Å². The molecular formula is C24H18Cl2N2O2. The van der Waals surface area contributed by atoms with Crippen LogP contribution in [0.15, 0.2) is 60.8 Å². The van der Waals surface area contributed by atoms with Gasteiger partial charge in [-0.3, -0.25) is 0 Å². The Morgan fingerprint density at radius 2 is 1.73 bits per heavy atom. The van der Waals surface area contributed by atoms with Crippen molar-refractivity contribution in [3.8, 4) is 23.0 Å². The highest BCUT2D eigenvalue weighted by Crippen LogP contribution is 2.44. The summed E-state index contributed by atoms with van der Waals surface area (Å²) < 4.78 is 5.49. The molecule has 1 heterocycles. The molecule has 1 amide bonds. The van der Waals surface area contributed by atoms with Crippen LogP contribution in [0, 0.1) is 11.8 Å². The monoisotopic (exact) mass is 436 g/mol. The summed E-state index contributed by atoms with van der Waals surface area (Å²) in [6.45, 7) is 0.679. The lowest BCUT2D eigenvalue weighted by molar-refractivity contribution is 0.143. The number of carbonyl (C=O) groups is 1. The number of rotatable bonds is 4. The Labute approximate surface area is 185 Å². The third-order valence-corrected chi connectivity index (χ3v) is 5.58. The van der Waals surface area contributed by atoms with Gasteiger partial charge in [-0.25, -0.2) is 9.78 Å². The Hall–Kier alpha value is -3.00. The predicted molar refractivity (Wildman–Crippen MR) is 119 cm³/mol. The number of fused-ring (bicyclic) bond motifs is 3. The molecular weight excluding hydrogens is 419 g/mol. The van der Waals surface area contributed by atoms with Gasteiger partial charge in [-0.1, -0.05) is 83.6 Å². The van der Waals surface area contributed by atoms with Crippen molar-refractivity contribution in [3.63, 3.8) is 0 Å². The number of aromatic nitrogens is 1. The zero-order valence-corrected chi connectivity index (χ0v) is 17.5. The Balaban J connectivity index is 1.29. The van der Waals surface area contributed by atoms with Crippen molar-refractivity contribution in [1.82, 2.24) is 10.3 Å². The lowest BCUT2D eigenvalue weighted by Crippen LogP contribution is -2.26. The standard InChI is InChI=1S/C24H18Cl2N2O2/c25-22-13-16(14-28-23(22)26)7-5-6-12-27-24(29)30-15-21-19-10-3-1-8-17(19)18-9-2-4-11-20(18)21/h1-4,8-11,13-14,21H,6,12,15H2,(H,27,29).